The second-order valence-electron chi connectivity index (χ2n) is 2.57. The van der Waals surface area contributed by atoms with E-state index >= 15 is 0 Å². The van der Waals surface area contributed by atoms with Crippen molar-refractivity contribution in [1.82, 2.24) is 4.98 Å². The Morgan fingerprint density at radius 1 is 1.69 bits per heavy atom. The third-order valence-electron chi connectivity index (χ3n) is 1.56. The van der Waals surface area contributed by atoms with Crippen LogP contribution in [0.4, 0.5) is 0 Å². The number of hydrogen-bond acceptors (Lipinski definition) is 3. The number of carboxylic acids is 1. The lowest BCUT2D eigenvalue weighted by atomic mass is 10.3. The van der Waals surface area contributed by atoms with Crippen LogP contribution in [0.15, 0.2) is 4.60 Å². The number of thiazole rings is 1. The molecule has 0 aliphatic rings. The number of carboxylic acid groups (broad SMARTS) is 1. The molecule has 72 valence electrons. The minimum Gasteiger partial charge on any atom is -0.481 e. The molecule has 0 bridgehead atoms. The molecule has 0 aliphatic carbocycles. The normalized spacial score (nSPS) is 10.3. The number of rotatable bonds is 4. The maximum atomic E-state index is 10.3. The molecule has 0 unspecified atom stereocenters. The van der Waals surface area contributed by atoms with Gasteiger partial charge in [0.2, 0.25) is 0 Å². The van der Waals surface area contributed by atoms with E-state index in [1.54, 1.807) is 11.3 Å². The molecule has 1 rings (SSSR count). The molecule has 0 aliphatic heterocycles. The van der Waals surface area contributed by atoms with Gasteiger partial charge in [0.25, 0.3) is 0 Å². The van der Waals surface area contributed by atoms with Gasteiger partial charge in [0, 0.05) is 4.88 Å². The van der Waals surface area contributed by atoms with Crippen LogP contribution in [0.5, 0.6) is 0 Å². The Labute approximate surface area is 88.9 Å². The van der Waals surface area contributed by atoms with Crippen LogP contribution in [-0.2, 0) is 17.6 Å². The Morgan fingerprint density at radius 2 is 2.38 bits per heavy atom. The van der Waals surface area contributed by atoms with E-state index in [-0.39, 0.29) is 6.42 Å². The molecule has 0 atom stereocenters. The molecule has 0 radical (unpaired) electrons. The van der Waals surface area contributed by atoms with E-state index in [4.69, 9.17) is 5.11 Å². The molecule has 0 saturated carbocycles. The molecule has 0 aromatic carbocycles. The lowest BCUT2D eigenvalue weighted by Gasteiger charge is -1.91. The first-order valence-corrected chi connectivity index (χ1v) is 5.60. The molecule has 1 N–H and O–H groups in total. The highest BCUT2D eigenvalue weighted by Crippen LogP contribution is 2.25. The van der Waals surface area contributed by atoms with Crippen LogP contribution in [0, 0.1) is 0 Å². The Kier molecular flexibility index (Phi) is 3.87. The lowest BCUT2D eigenvalue weighted by Crippen LogP contribution is -1.96. The van der Waals surface area contributed by atoms with Crippen molar-refractivity contribution in [3.63, 3.8) is 0 Å². The summed E-state index contributed by atoms with van der Waals surface area (Å²) in [5, 5.41) is 9.55. The topological polar surface area (TPSA) is 50.2 Å². The smallest absolute Gasteiger partial charge is 0.303 e. The molecule has 0 spiro atoms. The van der Waals surface area contributed by atoms with Gasteiger partial charge < -0.3 is 5.11 Å². The van der Waals surface area contributed by atoms with Crippen molar-refractivity contribution < 1.29 is 9.90 Å². The molecule has 1 heterocycles. The molecule has 0 saturated heterocycles. The number of aliphatic carboxylic acids is 1. The van der Waals surface area contributed by atoms with E-state index in [0.717, 1.165) is 20.9 Å². The number of carbonyl (C=O) groups is 1. The number of aryl methyl sites for hydroxylation is 2. The predicted molar refractivity (Wildman–Crippen MR) is 55.1 cm³/mol. The van der Waals surface area contributed by atoms with Gasteiger partial charge in [-0.05, 0) is 28.8 Å². The molecule has 3 nitrogen and oxygen atoms in total. The fourth-order valence-corrected chi connectivity index (χ4v) is 2.58. The Balaban J connectivity index is 2.65. The number of nitrogens with zero attached hydrogens (tertiary/aromatic N) is 1. The summed E-state index contributed by atoms with van der Waals surface area (Å²) in [7, 11) is 0. The standard InChI is InChI=1S/C8H10BrNO2S/c1-2-6-10-8(9)5(13-6)3-4-7(11)12/h2-4H2,1H3,(H,11,12). The zero-order valence-electron chi connectivity index (χ0n) is 7.21. The van der Waals surface area contributed by atoms with Crippen LogP contribution < -0.4 is 0 Å². The average molecular weight is 264 g/mol. The highest BCUT2D eigenvalue weighted by molar-refractivity contribution is 9.10. The van der Waals surface area contributed by atoms with Crippen LogP contribution in [0.2, 0.25) is 0 Å². The van der Waals surface area contributed by atoms with Gasteiger partial charge in [0.15, 0.2) is 0 Å². The second-order valence-corrected chi connectivity index (χ2v) is 4.49. The summed E-state index contributed by atoms with van der Waals surface area (Å²) >= 11 is 4.89. The molecular weight excluding hydrogens is 254 g/mol. The van der Waals surface area contributed by atoms with Crippen LogP contribution in [0.3, 0.4) is 0 Å². The zero-order valence-corrected chi connectivity index (χ0v) is 9.61. The second kappa shape index (κ2) is 4.72. The van der Waals surface area contributed by atoms with E-state index in [9.17, 15) is 4.79 Å². The Hall–Kier alpha value is -0.420. The highest BCUT2D eigenvalue weighted by atomic mass is 79.9. The Morgan fingerprint density at radius 3 is 2.85 bits per heavy atom. The van der Waals surface area contributed by atoms with Crippen molar-refractivity contribution in [1.29, 1.82) is 0 Å². The summed E-state index contributed by atoms with van der Waals surface area (Å²) in [6.07, 6.45) is 1.63. The van der Waals surface area contributed by atoms with Gasteiger partial charge in [-0.2, -0.15) is 0 Å². The summed E-state index contributed by atoms with van der Waals surface area (Å²) in [5.74, 6) is -0.765. The fourth-order valence-electron chi connectivity index (χ4n) is 0.905. The van der Waals surface area contributed by atoms with E-state index in [0.29, 0.717) is 6.42 Å². The summed E-state index contributed by atoms with van der Waals surface area (Å²) < 4.78 is 0.801. The van der Waals surface area contributed by atoms with Crippen LogP contribution in [0.25, 0.3) is 0 Å². The van der Waals surface area contributed by atoms with E-state index in [1.807, 2.05) is 6.92 Å². The number of hydrogen-bond donors (Lipinski definition) is 1. The molecule has 1 aromatic rings. The van der Waals surface area contributed by atoms with Gasteiger partial charge in [-0.15, -0.1) is 11.3 Å². The van der Waals surface area contributed by atoms with Crippen LogP contribution in [-0.4, -0.2) is 16.1 Å². The molecule has 5 heteroatoms. The highest BCUT2D eigenvalue weighted by Gasteiger charge is 2.08. The number of aromatic nitrogens is 1. The quantitative estimate of drug-likeness (QED) is 0.908. The molecule has 0 amide bonds. The van der Waals surface area contributed by atoms with Crippen LogP contribution in [0.1, 0.15) is 23.2 Å². The van der Waals surface area contributed by atoms with Gasteiger partial charge in [0.1, 0.15) is 4.60 Å². The van der Waals surface area contributed by atoms with E-state index < -0.39 is 5.97 Å². The van der Waals surface area contributed by atoms with Gasteiger partial charge in [-0.1, -0.05) is 6.92 Å². The van der Waals surface area contributed by atoms with Crippen LogP contribution >= 0.6 is 27.3 Å². The van der Waals surface area contributed by atoms with Gasteiger partial charge in [-0.25, -0.2) is 4.98 Å². The van der Waals surface area contributed by atoms with Crippen molar-refractivity contribution in [2.24, 2.45) is 0 Å². The fraction of sp³-hybridized carbons (Fsp3) is 0.500. The maximum Gasteiger partial charge on any atom is 0.303 e. The molecule has 13 heavy (non-hydrogen) atoms. The van der Waals surface area contributed by atoms with Crippen molar-refractivity contribution >= 4 is 33.2 Å². The summed E-state index contributed by atoms with van der Waals surface area (Å²) in [6, 6.07) is 0. The monoisotopic (exact) mass is 263 g/mol. The lowest BCUT2D eigenvalue weighted by molar-refractivity contribution is -0.136. The van der Waals surface area contributed by atoms with Gasteiger partial charge in [0.05, 0.1) is 11.4 Å². The summed E-state index contributed by atoms with van der Waals surface area (Å²) in [6.45, 7) is 2.03. The first-order valence-electron chi connectivity index (χ1n) is 3.99. The average Bonchev–Trinajstić information content (AvgIpc) is 2.43. The minimum absolute atomic E-state index is 0.171. The predicted octanol–water partition coefficient (Wildman–Crippen LogP) is 2.49. The van der Waals surface area contributed by atoms with E-state index in [1.165, 1.54) is 0 Å². The first-order chi connectivity index (χ1) is 6.13. The largest absolute Gasteiger partial charge is 0.481 e. The van der Waals surface area contributed by atoms with Gasteiger partial charge >= 0.3 is 5.97 Å². The SMILES string of the molecule is CCc1nc(Br)c(CCC(=O)O)s1. The molecule has 1 aromatic heterocycles. The summed E-state index contributed by atoms with van der Waals surface area (Å²) in [4.78, 5) is 15.6. The summed E-state index contributed by atoms with van der Waals surface area (Å²) in [5.41, 5.74) is 0. The zero-order chi connectivity index (χ0) is 9.84. The maximum absolute atomic E-state index is 10.3. The first kappa shape index (κ1) is 10.7. The third kappa shape index (κ3) is 3.08. The van der Waals surface area contributed by atoms with Crippen molar-refractivity contribution in [3.05, 3.63) is 14.5 Å². The molecular formula is C8H10BrNO2S. The molecule has 0 fully saturated rings. The van der Waals surface area contributed by atoms with Crippen molar-refractivity contribution in [3.8, 4) is 0 Å². The third-order valence-corrected chi connectivity index (χ3v) is 3.74. The minimum atomic E-state index is -0.765. The number of halogens is 1. The van der Waals surface area contributed by atoms with Crippen molar-refractivity contribution in [2.45, 2.75) is 26.2 Å². The van der Waals surface area contributed by atoms with E-state index in [2.05, 4.69) is 20.9 Å². The van der Waals surface area contributed by atoms with Crippen molar-refractivity contribution in [2.75, 3.05) is 0 Å². The van der Waals surface area contributed by atoms with Gasteiger partial charge in [-0.3, -0.25) is 4.79 Å². The Bertz CT molecular complexity index is 311.